The number of aryl methyl sites for hydroxylation is 1. The molecule has 0 aromatic heterocycles. The molecule has 0 saturated heterocycles. The van der Waals surface area contributed by atoms with Gasteiger partial charge < -0.3 is 15.0 Å². The molecule has 1 aliphatic carbocycles. The summed E-state index contributed by atoms with van der Waals surface area (Å²) in [5, 5.41) is 3.95. The van der Waals surface area contributed by atoms with E-state index in [4.69, 9.17) is 16.3 Å². The van der Waals surface area contributed by atoms with Crippen LogP contribution in [0.1, 0.15) is 49.7 Å². The van der Waals surface area contributed by atoms with E-state index in [9.17, 15) is 4.79 Å². The smallest absolute Gasteiger partial charge is 0.220 e. The highest BCUT2D eigenvalue weighted by Crippen LogP contribution is 2.35. The molecule has 1 fully saturated rings. The SMILES string of the molecule is Cc1cc(Cl)ccc1OCCCC(=O)NC1CCC(Cc2ccccc2)(N(C)C)CC1. The Morgan fingerprint density at radius 1 is 1.16 bits per heavy atom. The van der Waals surface area contributed by atoms with Crippen molar-refractivity contribution in [2.24, 2.45) is 0 Å². The monoisotopic (exact) mass is 442 g/mol. The van der Waals surface area contributed by atoms with Gasteiger partial charge in [-0.05, 0) is 88.9 Å². The number of nitrogens with one attached hydrogen (secondary N) is 1. The molecule has 5 heteroatoms. The summed E-state index contributed by atoms with van der Waals surface area (Å²) in [4.78, 5) is 14.8. The van der Waals surface area contributed by atoms with Crippen LogP contribution in [0.2, 0.25) is 5.02 Å². The molecule has 1 aliphatic rings. The maximum Gasteiger partial charge on any atom is 0.220 e. The zero-order valence-electron chi connectivity index (χ0n) is 19.0. The number of carbonyl (C=O) groups excluding carboxylic acids is 1. The van der Waals surface area contributed by atoms with Crippen molar-refractivity contribution >= 4 is 17.5 Å². The van der Waals surface area contributed by atoms with Crippen LogP contribution in [-0.4, -0.2) is 43.1 Å². The predicted molar refractivity (Wildman–Crippen MR) is 128 cm³/mol. The number of hydrogen-bond donors (Lipinski definition) is 1. The molecule has 2 aromatic rings. The second-order valence-corrected chi connectivity index (χ2v) is 9.42. The van der Waals surface area contributed by atoms with E-state index in [-0.39, 0.29) is 17.5 Å². The maximum atomic E-state index is 12.4. The van der Waals surface area contributed by atoms with Crippen molar-refractivity contribution in [1.82, 2.24) is 10.2 Å². The molecule has 3 rings (SSSR count). The highest BCUT2D eigenvalue weighted by Gasteiger charge is 2.37. The second-order valence-electron chi connectivity index (χ2n) is 8.98. The Balaban J connectivity index is 1.40. The van der Waals surface area contributed by atoms with E-state index < -0.39 is 0 Å². The van der Waals surface area contributed by atoms with Crippen LogP contribution < -0.4 is 10.1 Å². The Bertz CT molecular complexity index is 846. The molecule has 0 unspecified atom stereocenters. The molecular formula is C26H35ClN2O2. The number of benzene rings is 2. The van der Waals surface area contributed by atoms with Gasteiger partial charge in [-0.2, -0.15) is 0 Å². The minimum Gasteiger partial charge on any atom is -0.493 e. The standard InChI is InChI=1S/C26H35ClN2O2/c1-20-18-22(27)11-12-24(20)31-17-7-10-25(30)28-23-13-15-26(16-14-23,29(2)3)19-21-8-5-4-6-9-21/h4-6,8-9,11-12,18,23H,7,10,13-17,19H2,1-3H3,(H,28,30). The summed E-state index contributed by atoms with van der Waals surface area (Å²) >= 11 is 5.98. The van der Waals surface area contributed by atoms with Gasteiger partial charge in [-0.15, -0.1) is 0 Å². The average Bonchev–Trinajstić information content (AvgIpc) is 2.74. The van der Waals surface area contributed by atoms with Crippen molar-refractivity contribution in [3.05, 3.63) is 64.7 Å². The lowest BCUT2D eigenvalue weighted by molar-refractivity contribution is -0.122. The zero-order valence-corrected chi connectivity index (χ0v) is 19.8. The molecule has 1 amide bonds. The highest BCUT2D eigenvalue weighted by atomic mass is 35.5. The molecule has 168 valence electrons. The molecule has 1 saturated carbocycles. The maximum absolute atomic E-state index is 12.4. The minimum atomic E-state index is 0.127. The highest BCUT2D eigenvalue weighted by molar-refractivity contribution is 6.30. The fourth-order valence-electron chi connectivity index (χ4n) is 4.55. The van der Waals surface area contributed by atoms with Gasteiger partial charge in [0.15, 0.2) is 0 Å². The molecule has 0 spiro atoms. The van der Waals surface area contributed by atoms with Gasteiger partial charge in [-0.3, -0.25) is 4.79 Å². The number of amides is 1. The largest absolute Gasteiger partial charge is 0.493 e. The normalized spacial score (nSPS) is 21.1. The number of ether oxygens (including phenoxy) is 1. The van der Waals surface area contributed by atoms with Gasteiger partial charge in [0, 0.05) is 23.0 Å². The Kier molecular flexibility index (Phi) is 8.39. The van der Waals surface area contributed by atoms with Crippen LogP contribution in [0, 0.1) is 6.92 Å². The lowest BCUT2D eigenvalue weighted by Gasteiger charge is -2.45. The average molecular weight is 443 g/mol. The lowest BCUT2D eigenvalue weighted by atomic mass is 9.75. The van der Waals surface area contributed by atoms with E-state index in [1.165, 1.54) is 5.56 Å². The number of rotatable bonds is 9. The van der Waals surface area contributed by atoms with E-state index in [0.717, 1.165) is 43.4 Å². The Morgan fingerprint density at radius 3 is 2.52 bits per heavy atom. The summed E-state index contributed by atoms with van der Waals surface area (Å²) in [6.45, 7) is 2.50. The molecular weight excluding hydrogens is 408 g/mol. The van der Waals surface area contributed by atoms with Gasteiger partial charge in [0.2, 0.25) is 5.91 Å². The van der Waals surface area contributed by atoms with Crippen LogP contribution >= 0.6 is 11.6 Å². The predicted octanol–water partition coefficient (Wildman–Crippen LogP) is 5.41. The van der Waals surface area contributed by atoms with Crippen LogP contribution in [0.3, 0.4) is 0 Å². The first kappa shape index (κ1) is 23.6. The number of halogens is 1. The van der Waals surface area contributed by atoms with Crippen LogP contribution in [0.15, 0.2) is 48.5 Å². The molecule has 31 heavy (non-hydrogen) atoms. The number of carbonyl (C=O) groups is 1. The summed E-state index contributed by atoms with van der Waals surface area (Å²) in [5.41, 5.74) is 2.57. The zero-order chi connectivity index (χ0) is 22.3. The minimum absolute atomic E-state index is 0.127. The molecule has 0 bridgehead atoms. The first-order chi connectivity index (χ1) is 14.9. The van der Waals surface area contributed by atoms with E-state index >= 15 is 0 Å². The summed E-state index contributed by atoms with van der Waals surface area (Å²) in [6.07, 6.45) is 6.50. The van der Waals surface area contributed by atoms with Gasteiger partial charge in [0.1, 0.15) is 5.75 Å². The van der Waals surface area contributed by atoms with Crippen LogP contribution in [0.4, 0.5) is 0 Å². The number of hydrogen-bond acceptors (Lipinski definition) is 3. The molecule has 4 nitrogen and oxygen atoms in total. The third-order valence-electron chi connectivity index (χ3n) is 6.55. The Morgan fingerprint density at radius 2 is 1.87 bits per heavy atom. The van der Waals surface area contributed by atoms with E-state index in [2.05, 4.69) is 54.6 Å². The van der Waals surface area contributed by atoms with Crippen molar-refractivity contribution in [1.29, 1.82) is 0 Å². The fourth-order valence-corrected chi connectivity index (χ4v) is 4.77. The van der Waals surface area contributed by atoms with Crippen molar-refractivity contribution in [3.63, 3.8) is 0 Å². The van der Waals surface area contributed by atoms with Crippen molar-refractivity contribution in [2.45, 2.75) is 63.5 Å². The van der Waals surface area contributed by atoms with E-state index in [1.807, 2.05) is 25.1 Å². The van der Waals surface area contributed by atoms with Gasteiger partial charge in [0.25, 0.3) is 0 Å². The van der Waals surface area contributed by atoms with Crippen LogP contribution in [0.5, 0.6) is 5.75 Å². The number of nitrogens with zero attached hydrogens (tertiary/aromatic N) is 1. The van der Waals surface area contributed by atoms with Crippen molar-refractivity contribution in [2.75, 3.05) is 20.7 Å². The summed E-state index contributed by atoms with van der Waals surface area (Å²) < 4.78 is 5.80. The first-order valence-electron chi connectivity index (χ1n) is 11.3. The van der Waals surface area contributed by atoms with Crippen molar-refractivity contribution in [3.8, 4) is 5.75 Å². The molecule has 0 radical (unpaired) electrons. The Labute approximate surface area is 191 Å². The van der Waals surface area contributed by atoms with E-state index in [0.29, 0.717) is 24.5 Å². The van der Waals surface area contributed by atoms with Crippen LogP contribution in [-0.2, 0) is 11.2 Å². The second kappa shape index (κ2) is 11.0. The van der Waals surface area contributed by atoms with Gasteiger partial charge in [-0.25, -0.2) is 0 Å². The van der Waals surface area contributed by atoms with Gasteiger partial charge in [0.05, 0.1) is 6.61 Å². The molecule has 2 aromatic carbocycles. The van der Waals surface area contributed by atoms with E-state index in [1.54, 1.807) is 0 Å². The summed E-state index contributed by atoms with van der Waals surface area (Å²) in [6, 6.07) is 16.6. The topological polar surface area (TPSA) is 41.6 Å². The fraction of sp³-hybridized carbons (Fsp3) is 0.500. The van der Waals surface area contributed by atoms with Gasteiger partial charge >= 0.3 is 0 Å². The number of likely N-dealkylation sites (N-methyl/N-ethyl adjacent to an activating group) is 1. The summed E-state index contributed by atoms with van der Waals surface area (Å²) in [7, 11) is 4.37. The Hall–Kier alpha value is -2.04. The third-order valence-corrected chi connectivity index (χ3v) is 6.78. The molecule has 0 aliphatic heterocycles. The van der Waals surface area contributed by atoms with Crippen molar-refractivity contribution < 1.29 is 9.53 Å². The molecule has 0 heterocycles. The molecule has 0 atom stereocenters. The lowest BCUT2D eigenvalue weighted by Crippen LogP contribution is -2.52. The quantitative estimate of drug-likeness (QED) is 0.528. The summed E-state index contributed by atoms with van der Waals surface area (Å²) in [5.74, 6) is 0.956. The van der Waals surface area contributed by atoms with Gasteiger partial charge in [-0.1, -0.05) is 41.9 Å². The molecule has 1 N–H and O–H groups in total. The van der Waals surface area contributed by atoms with Crippen LogP contribution in [0.25, 0.3) is 0 Å². The first-order valence-corrected chi connectivity index (χ1v) is 11.7. The third kappa shape index (κ3) is 6.72.